The summed E-state index contributed by atoms with van der Waals surface area (Å²) < 4.78 is 6.20. The van der Waals surface area contributed by atoms with E-state index < -0.39 is 0 Å². The van der Waals surface area contributed by atoms with Crippen LogP contribution >= 0.6 is 0 Å². The lowest BCUT2D eigenvalue weighted by molar-refractivity contribution is 0.0185. The fourth-order valence-corrected chi connectivity index (χ4v) is 3.60. The summed E-state index contributed by atoms with van der Waals surface area (Å²) in [5.41, 5.74) is 0. The molecule has 118 valence electrons. The van der Waals surface area contributed by atoms with Crippen LogP contribution < -0.4 is 5.32 Å². The Morgan fingerprint density at radius 2 is 1.65 bits per heavy atom. The van der Waals surface area contributed by atoms with Crippen molar-refractivity contribution in [3.63, 3.8) is 0 Å². The van der Waals surface area contributed by atoms with Gasteiger partial charge < -0.3 is 15.0 Å². The number of rotatable bonds is 6. The lowest BCUT2D eigenvalue weighted by Crippen LogP contribution is -2.38. The van der Waals surface area contributed by atoms with Crippen LogP contribution in [0, 0.1) is 0 Å². The maximum absolute atomic E-state index is 6.20. The Balaban J connectivity index is 1.68. The molecule has 1 aliphatic carbocycles. The van der Waals surface area contributed by atoms with Crippen LogP contribution in [0.2, 0.25) is 0 Å². The summed E-state index contributed by atoms with van der Waals surface area (Å²) in [6.45, 7) is 6.54. The predicted molar refractivity (Wildman–Crippen MR) is 85.2 cm³/mol. The Bertz CT molecular complexity index is 262. The van der Waals surface area contributed by atoms with Crippen molar-refractivity contribution in [2.75, 3.05) is 20.1 Å². The monoisotopic (exact) mass is 282 g/mol. The van der Waals surface area contributed by atoms with Gasteiger partial charge in [-0.1, -0.05) is 39.5 Å². The Morgan fingerprint density at radius 1 is 1.00 bits per heavy atom. The molecule has 2 unspecified atom stereocenters. The zero-order chi connectivity index (χ0) is 14.4. The van der Waals surface area contributed by atoms with Gasteiger partial charge in [-0.05, 0) is 32.7 Å². The Hall–Kier alpha value is -0.120. The van der Waals surface area contributed by atoms with E-state index in [1.807, 2.05) is 0 Å². The molecule has 0 spiro atoms. The molecule has 0 aromatic rings. The summed E-state index contributed by atoms with van der Waals surface area (Å²) in [6, 6.07) is 1.36. The molecule has 0 aromatic carbocycles. The van der Waals surface area contributed by atoms with E-state index in [4.69, 9.17) is 4.74 Å². The van der Waals surface area contributed by atoms with Crippen LogP contribution in [0.15, 0.2) is 0 Å². The molecule has 20 heavy (non-hydrogen) atoms. The topological polar surface area (TPSA) is 24.5 Å². The van der Waals surface area contributed by atoms with Gasteiger partial charge in [-0.25, -0.2) is 0 Å². The number of hydrogen-bond acceptors (Lipinski definition) is 3. The number of nitrogens with one attached hydrogen (secondary N) is 1. The van der Waals surface area contributed by atoms with Crippen LogP contribution in [0.25, 0.3) is 0 Å². The number of nitrogens with zero attached hydrogens (tertiary/aromatic N) is 1. The molecule has 2 fully saturated rings. The Labute approximate surface area is 125 Å². The van der Waals surface area contributed by atoms with Gasteiger partial charge in [0.1, 0.15) is 0 Å². The second-order valence-electron chi connectivity index (χ2n) is 7.11. The van der Waals surface area contributed by atoms with Crippen molar-refractivity contribution in [3.8, 4) is 0 Å². The number of ether oxygens (including phenoxy) is 1. The first-order valence-electron chi connectivity index (χ1n) is 8.74. The molecule has 0 aromatic heterocycles. The van der Waals surface area contributed by atoms with Crippen molar-refractivity contribution >= 4 is 0 Å². The minimum Gasteiger partial charge on any atom is -0.372 e. The Morgan fingerprint density at radius 3 is 2.30 bits per heavy atom. The number of likely N-dealkylation sites (N-methyl/N-ethyl adjacent to an activating group) is 1. The summed E-state index contributed by atoms with van der Waals surface area (Å²) in [5.74, 6) is 0. The first-order chi connectivity index (χ1) is 9.65. The predicted octanol–water partition coefficient (Wildman–Crippen LogP) is 3.19. The van der Waals surface area contributed by atoms with Crippen molar-refractivity contribution in [3.05, 3.63) is 0 Å². The van der Waals surface area contributed by atoms with Crippen molar-refractivity contribution in [2.45, 2.75) is 89.5 Å². The van der Waals surface area contributed by atoms with Crippen LogP contribution in [0.1, 0.15) is 65.2 Å². The van der Waals surface area contributed by atoms with Crippen LogP contribution in [0.4, 0.5) is 0 Å². The van der Waals surface area contributed by atoms with Crippen molar-refractivity contribution < 1.29 is 4.74 Å². The van der Waals surface area contributed by atoms with Crippen LogP contribution in [-0.2, 0) is 4.74 Å². The van der Waals surface area contributed by atoms with Crippen molar-refractivity contribution in [2.24, 2.45) is 0 Å². The van der Waals surface area contributed by atoms with Crippen LogP contribution in [0.3, 0.4) is 0 Å². The van der Waals surface area contributed by atoms with Gasteiger partial charge in [-0.15, -0.1) is 0 Å². The normalized spacial score (nSPS) is 29.2. The second-order valence-corrected chi connectivity index (χ2v) is 7.11. The highest BCUT2D eigenvalue weighted by atomic mass is 16.5. The van der Waals surface area contributed by atoms with E-state index in [9.17, 15) is 0 Å². The lowest BCUT2D eigenvalue weighted by atomic mass is 10.1. The van der Waals surface area contributed by atoms with Gasteiger partial charge in [-0.3, -0.25) is 0 Å². The molecule has 0 bridgehead atoms. The fourth-order valence-electron chi connectivity index (χ4n) is 3.60. The van der Waals surface area contributed by atoms with Gasteiger partial charge in [0, 0.05) is 25.2 Å². The van der Waals surface area contributed by atoms with E-state index in [2.05, 4.69) is 31.1 Å². The molecule has 1 saturated heterocycles. The average molecular weight is 282 g/mol. The maximum Gasteiger partial charge on any atom is 0.0707 e. The molecular weight excluding hydrogens is 248 g/mol. The molecular formula is C17H34N2O. The second kappa shape index (κ2) is 8.35. The summed E-state index contributed by atoms with van der Waals surface area (Å²) in [4.78, 5) is 2.58. The van der Waals surface area contributed by atoms with Gasteiger partial charge in [0.2, 0.25) is 0 Å². The largest absolute Gasteiger partial charge is 0.372 e. The highest BCUT2D eigenvalue weighted by Gasteiger charge is 2.28. The smallest absolute Gasteiger partial charge is 0.0707 e. The van der Waals surface area contributed by atoms with E-state index in [0.29, 0.717) is 18.2 Å². The lowest BCUT2D eigenvalue weighted by Gasteiger charge is -2.29. The number of hydrogen-bond donors (Lipinski definition) is 1. The summed E-state index contributed by atoms with van der Waals surface area (Å²) in [5, 5.41) is 3.49. The van der Waals surface area contributed by atoms with E-state index in [-0.39, 0.29) is 0 Å². The first kappa shape index (κ1) is 16.3. The zero-order valence-electron chi connectivity index (χ0n) is 13.7. The van der Waals surface area contributed by atoms with Gasteiger partial charge in [0.25, 0.3) is 0 Å². The highest BCUT2D eigenvalue weighted by molar-refractivity contribution is 4.80. The standard InChI is InChI=1S/C17H34N2O/c1-14(2)18-12-16-10-11-17(20-16)13-19(3)15-8-6-4-5-7-9-15/h14-18H,4-13H2,1-3H3. The average Bonchev–Trinajstić information content (AvgIpc) is 2.68. The van der Waals surface area contributed by atoms with E-state index in [0.717, 1.165) is 19.1 Å². The van der Waals surface area contributed by atoms with Gasteiger partial charge in [0.05, 0.1) is 12.2 Å². The van der Waals surface area contributed by atoms with Gasteiger partial charge in [-0.2, -0.15) is 0 Å². The minimum absolute atomic E-state index is 0.435. The quantitative estimate of drug-likeness (QED) is 0.757. The van der Waals surface area contributed by atoms with Crippen molar-refractivity contribution in [1.82, 2.24) is 10.2 Å². The molecule has 1 aliphatic heterocycles. The third kappa shape index (κ3) is 5.34. The highest BCUT2D eigenvalue weighted by Crippen LogP contribution is 2.24. The molecule has 3 heteroatoms. The summed E-state index contributed by atoms with van der Waals surface area (Å²) in [7, 11) is 2.30. The SMILES string of the molecule is CC(C)NCC1CCC(CN(C)C2CCCCCC2)O1. The van der Waals surface area contributed by atoms with Crippen molar-refractivity contribution in [1.29, 1.82) is 0 Å². The van der Waals surface area contributed by atoms with E-state index in [1.54, 1.807) is 0 Å². The zero-order valence-corrected chi connectivity index (χ0v) is 13.7. The molecule has 2 atom stereocenters. The molecule has 1 saturated carbocycles. The minimum atomic E-state index is 0.435. The molecule has 2 aliphatic rings. The molecule has 1 N–H and O–H groups in total. The van der Waals surface area contributed by atoms with E-state index in [1.165, 1.54) is 51.4 Å². The Kier molecular flexibility index (Phi) is 6.79. The van der Waals surface area contributed by atoms with Gasteiger partial charge >= 0.3 is 0 Å². The van der Waals surface area contributed by atoms with Gasteiger partial charge in [0.15, 0.2) is 0 Å². The summed E-state index contributed by atoms with van der Waals surface area (Å²) in [6.07, 6.45) is 11.9. The molecule has 0 amide bonds. The third-order valence-corrected chi connectivity index (χ3v) is 4.89. The summed E-state index contributed by atoms with van der Waals surface area (Å²) >= 11 is 0. The molecule has 1 heterocycles. The third-order valence-electron chi connectivity index (χ3n) is 4.89. The first-order valence-corrected chi connectivity index (χ1v) is 8.74. The molecule has 3 nitrogen and oxygen atoms in total. The molecule has 2 rings (SSSR count). The van der Waals surface area contributed by atoms with Crippen LogP contribution in [0.5, 0.6) is 0 Å². The molecule has 0 radical (unpaired) electrons. The van der Waals surface area contributed by atoms with Crippen LogP contribution in [-0.4, -0.2) is 49.3 Å². The maximum atomic E-state index is 6.20. The fraction of sp³-hybridized carbons (Fsp3) is 1.00. The van der Waals surface area contributed by atoms with E-state index >= 15 is 0 Å².